The first-order chi connectivity index (χ1) is 8.99. The van der Waals surface area contributed by atoms with Gasteiger partial charge in [-0.15, -0.1) is 0 Å². The van der Waals surface area contributed by atoms with E-state index in [1.807, 2.05) is 25.3 Å². The van der Waals surface area contributed by atoms with E-state index in [0.717, 1.165) is 5.56 Å². The number of hydrogen-bond acceptors (Lipinski definition) is 2. The molecule has 0 spiro atoms. The molecule has 2 aromatic rings. The van der Waals surface area contributed by atoms with Gasteiger partial charge in [-0.25, -0.2) is 8.78 Å². The lowest BCUT2D eigenvalue weighted by molar-refractivity contribution is 0.469. The van der Waals surface area contributed by atoms with E-state index in [2.05, 4.69) is 10.7 Å². The third kappa shape index (κ3) is 3.19. The minimum Gasteiger partial charge on any atom is -0.304 e. The van der Waals surface area contributed by atoms with Crippen LogP contribution in [0.1, 0.15) is 42.6 Å². The monoisotopic (exact) mass is 281 g/mol. The van der Waals surface area contributed by atoms with Crippen molar-refractivity contribution in [3.63, 3.8) is 0 Å². The molecular formula is C15H17F2NS. The zero-order valence-corrected chi connectivity index (χ0v) is 12.0. The van der Waals surface area contributed by atoms with Crippen molar-refractivity contribution in [3.05, 3.63) is 57.3 Å². The Hall–Kier alpha value is -1.26. The number of thiophene rings is 1. The molecule has 2 atom stereocenters. The van der Waals surface area contributed by atoms with Crippen LogP contribution in [-0.2, 0) is 0 Å². The first-order valence-corrected chi connectivity index (χ1v) is 7.17. The second kappa shape index (κ2) is 5.80. The SMILES string of the molecule is Cc1cc(F)c(C(C)NC(C)c2ccsc2)cc1F. The molecule has 0 aliphatic rings. The minimum absolute atomic E-state index is 0.102. The van der Waals surface area contributed by atoms with Crippen molar-refractivity contribution in [1.29, 1.82) is 0 Å². The van der Waals surface area contributed by atoms with Crippen molar-refractivity contribution in [1.82, 2.24) is 5.32 Å². The molecule has 2 unspecified atom stereocenters. The Morgan fingerprint density at radius 2 is 1.84 bits per heavy atom. The van der Waals surface area contributed by atoms with Gasteiger partial charge in [0.2, 0.25) is 0 Å². The summed E-state index contributed by atoms with van der Waals surface area (Å²) < 4.78 is 27.4. The molecule has 0 saturated carbocycles. The van der Waals surface area contributed by atoms with E-state index in [1.54, 1.807) is 18.3 Å². The maximum Gasteiger partial charge on any atom is 0.128 e. The first kappa shape index (κ1) is 14.2. The molecule has 0 bridgehead atoms. The number of halogens is 2. The molecule has 0 aliphatic heterocycles. The zero-order chi connectivity index (χ0) is 14.0. The molecule has 0 aliphatic carbocycles. The molecule has 4 heteroatoms. The highest BCUT2D eigenvalue weighted by Gasteiger charge is 2.16. The van der Waals surface area contributed by atoms with Crippen LogP contribution in [-0.4, -0.2) is 0 Å². The summed E-state index contributed by atoms with van der Waals surface area (Å²) in [6.07, 6.45) is 0. The van der Waals surface area contributed by atoms with Gasteiger partial charge in [0.25, 0.3) is 0 Å². The fourth-order valence-electron chi connectivity index (χ4n) is 2.08. The summed E-state index contributed by atoms with van der Waals surface area (Å²) >= 11 is 1.62. The molecular weight excluding hydrogens is 264 g/mol. The van der Waals surface area contributed by atoms with Gasteiger partial charge in [-0.3, -0.25) is 0 Å². The smallest absolute Gasteiger partial charge is 0.128 e. The molecule has 0 saturated heterocycles. The fraction of sp³-hybridized carbons (Fsp3) is 0.333. The average molecular weight is 281 g/mol. The molecule has 1 heterocycles. The third-order valence-corrected chi connectivity index (χ3v) is 3.99. The predicted molar refractivity (Wildman–Crippen MR) is 75.4 cm³/mol. The predicted octanol–water partition coefficient (Wildman–Crippen LogP) is 4.75. The highest BCUT2D eigenvalue weighted by molar-refractivity contribution is 7.07. The molecule has 1 aromatic heterocycles. The normalized spacial score (nSPS) is 14.4. The number of hydrogen-bond donors (Lipinski definition) is 1. The second-order valence-corrected chi connectivity index (χ2v) is 5.57. The van der Waals surface area contributed by atoms with E-state index in [9.17, 15) is 8.78 Å². The van der Waals surface area contributed by atoms with Gasteiger partial charge in [0.05, 0.1) is 0 Å². The van der Waals surface area contributed by atoms with Gasteiger partial charge >= 0.3 is 0 Å². The minimum atomic E-state index is -0.367. The van der Waals surface area contributed by atoms with Crippen LogP contribution in [0.3, 0.4) is 0 Å². The molecule has 1 nitrogen and oxygen atoms in total. The second-order valence-electron chi connectivity index (χ2n) is 4.79. The van der Waals surface area contributed by atoms with Gasteiger partial charge in [-0.05, 0) is 60.9 Å². The summed E-state index contributed by atoms with van der Waals surface area (Å²) in [5.74, 6) is -0.732. The molecule has 19 heavy (non-hydrogen) atoms. The van der Waals surface area contributed by atoms with Crippen molar-refractivity contribution in [3.8, 4) is 0 Å². The van der Waals surface area contributed by atoms with E-state index in [1.165, 1.54) is 12.1 Å². The van der Waals surface area contributed by atoms with Crippen molar-refractivity contribution < 1.29 is 8.78 Å². The molecule has 1 N–H and O–H groups in total. The lowest BCUT2D eigenvalue weighted by atomic mass is 10.0. The largest absolute Gasteiger partial charge is 0.304 e. The average Bonchev–Trinajstić information content (AvgIpc) is 2.87. The molecule has 0 amide bonds. The summed E-state index contributed by atoms with van der Waals surface area (Å²) in [7, 11) is 0. The zero-order valence-electron chi connectivity index (χ0n) is 11.2. The van der Waals surface area contributed by atoms with Crippen molar-refractivity contribution in [2.24, 2.45) is 0 Å². The topological polar surface area (TPSA) is 12.0 Å². The van der Waals surface area contributed by atoms with Gasteiger partial charge in [-0.1, -0.05) is 0 Å². The lowest BCUT2D eigenvalue weighted by Crippen LogP contribution is -2.23. The molecule has 2 rings (SSSR count). The highest BCUT2D eigenvalue weighted by Crippen LogP contribution is 2.24. The van der Waals surface area contributed by atoms with Crippen LogP contribution in [0.5, 0.6) is 0 Å². The molecule has 0 radical (unpaired) electrons. The molecule has 0 fully saturated rings. The summed E-state index contributed by atoms with van der Waals surface area (Å²) in [6, 6.07) is 4.41. The Labute approximate surface area is 116 Å². The Kier molecular flexibility index (Phi) is 4.32. The van der Waals surface area contributed by atoms with Crippen molar-refractivity contribution in [2.45, 2.75) is 32.9 Å². The van der Waals surface area contributed by atoms with E-state index in [-0.39, 0.29) is 23.7 Å². The number of nitrogens with one attached hydrogen (secondary N) is 1. The summed E-state index contributed by atoms with van der Waals surface area (Å²) in [5, 5.41) is 7.34. The van der Waals surface area contributed by atoms with Crippen LogP contribution in [0.25, 0.3) is 0 Å². The van der Waals surface area contributed by atoms with Crippen LogP contribution in [0.4, 0.5) is 8.78 Å². The maximum atomic E-state index is 13.9. The summed E-state index contributed by atoms with van der Waals surface area (Å²) in [6.45, 7) is 5.42. The van der Waals surface area contributed by atoms with Crippen LogP contribution >= 0.6 is 11.3 Å². The van der Waals surface area contributed by atoms with Gasteiger partial charge in [0.15, 0.2) is 0 Å². The van der Waals surface area contributed by atoms with Gasteiger partial charge < -0.3 is 5.32 Å². The van der Waals surface area contributed by atoms with Gasteiger partial charge in [0, 0.05) is 17.6 Å². The number of benzene rings is 1. The standard InChI is InChI=1S/C15H17F2NS/c1-9-6-15(17)13(7-14(9)16)11(3)18-10(2)12-4-5-19-8-12/h4-8,10-11,18H,1-3H3. The Bertz CT molecular complexity index is 552. The quantitative estimate of drug-likeness (QED) is 0.853. The van der Waals surface area contributed by atoms with E-state index in [4.69, 9.17) is 0 Å². The summed E-state index contributed by atoms with van der Waals surface area (Å²) in [4.78, 5) is 0. The van der Waals surface area contributed by atoms with Crippen LogP contribution in [0.15, 0.2) is 29.0 Å². The van der Waals surface area contributed by atoms with E-state index < -0.39 is 0 Å². The van der Waals surface area contributed by atoms with Crippen LogP contribution in [0.2, 0.25) is 0 Å². The van der Waals surface area contributed by atoms with Crippen LogP contribution < -0.4 is 5.32 Å². The van der Waals surface area contributed by atoms with E-state index >= 15 is 0 Å². The van der Waals surface area contributed by atoms with Crippen molar-refractivity contribution >= 4 is 11.3 Å². The Morgan fingerprint density at radius 1 is 1.11 bits per heavy atom. The Balaban J connectivity index is 2.16. The third-order valence-electron chi connectivity index (χ3n) is 3.29. The fourth-order valence-corrected chi connectivity index (χ4v) is 2.83. The Morgan fingerprint density at radius 3 is 2.47 bits per heavy atom. The molecule has 1 aromatic carbocycles. The number of aryl methyl sites for hydroxylation is 1. The van der Waals surface area contributed by atoms with Gasteiger partial charge in [-0.2, -0.15) is 11.3 Å². The van der Waals surface area contributed by atoms with Gasteiger partial charge in [0.1, 0.15) is 11.6 Å². The first-order valence-electron chi connectivity index (χ1n) is 6.22. The highest BCUT2D eigenvalue weighted by atomic mass is 32.1. The van der Waals surface area contributed by atoms with Crippen molar-refractivity contribution in [2.75, 3.05) is 0 Å². The van der Waals surface area contributed by atoms with Crippen LogP contribution in [0, 0.1) is 18.6 Å². The van der Waals surface area contributed by atoms with E-state index in [0.29, 0.717) is 11.1 Å². The molecule has 102 valence electrons. The number of rotatable bonds is 4. The summed E-state index contributed by atoms with van der Waals surface area (Å²) in [5.41, 5.74) is 1.86. The maximum absolute atomic E-state index is 13.9. The lowest BCUT2D eigenvalue weighted by Gasteiger charge is -2.20.